The predicted molar refractivity (Wildman–Crippen MR) is 59.0 cm³/mol. The molecule has 0 saturated carbocycles. The fourth-order valence-electron chi connectivity index (χ4n) is 2.14. The Morgan fingerprint density at radius 1 is 1.25 bits per heavy atom. The number of rotatable bonds is 4. The first-order valence-electron chi connectivity index (χ1n) is 5.98. The molecule has 92 valence electrons. The van der Waals surface area contributed by atoms with Gasteiger partial charge in [-0.1, -0.05) is 0 Å². The maximum atomic E-state index is 11.9. The first kappa shape index (κ1) is 11.8. The number of ether oxygens (including phenoxy) is 1. The van der Waals surface area contributed by atoms with Gasteiger partial charge in [0.05, 0.1) is 19.8 Å². The normalized spacial score (nSPS) is 23.2. The Morgan fingerprint density at radius 3 is 2.44 bits per heavy atom. The molecule has 1 N–H and O–H groups in total. The molecule has 0 unspecified atom stereocenters. The van der Waals surface area contributed by atoms with Crippen LogP contribution in [0.4, 0.5) is 0 Å². The zero-order valence-corrected chi connectivity index (χ0v) is 9.60. The van der Waals surface area contributed by atoms with Crippen molar-refractivity contribution < 1.29 is 14.6 Å². The van der Waals surface area contributed by atoms with Gasteiger partial charge in [0.15, 0.2) is 0 Å². The fourth-order valence-corrected chi connectivity index (χ4v) is 2.14. The van der Waals surface area contributed by atoms with Gasteiger partial charge >= 0.3 is 0 Å². The summed E-state index contributed by atoms with van der Waals surface area (Å²) >= 11 is 0. The Kier molecular flexibility index (Phi) is 4.15. The Hall–Kier alpha value is -0.650. The van der Waals surface area contributed by atoms with E-state index in [1.165, 1.54) is 0 Å². The number of β-amino-alcohol motifs (C(OH)–C–C–N with tert-alkyl or cyclic N) is 1. The number of piperazine rings is 1. The molecule has 0 aromatic carbocycles. The van der Waals surface area contributed by atoms with Crippen LogP contribution in [0.2, 0.25) is 0 Å². The highest BCUT2D eigenvalue weighted by atomic mass is 16.5. The lowest BCUT2D eigenvalue weighted by atomic mass is 10.0. The molecule has 0 radical (unpaired) electrons. The molecule has 0 aliphatic carbocycles. The summed E-state index contributed by atoms with van der Waals surface area (Å²) < 4.78 is 5.07. The molecule has 2 aliphatic rings. The molecule has 0 aromatic rings. The summed E-state index contributed by atoms with van der Waals surface area (Å²) in [6.45, 7) is 5.78. The number of aliphatic hydroxyl groups excluding tert-OH is 1. The van der Waals surface area contributed by atoms with Crippen molar-refractivity contribution in [2.75, 3.05) is 52.5 Å². The highest BCUT2D eigenvalue weighted by molar-refractivity contribution is 5.76. The van der Waals surface area contributed by atoms with Crippen molar-refractivity contribution >= 4 is 5.91 Å². The van der Waals surface area contributed by atoms with Gasteiger partial charge in [-0.3, -0.25) is 9.69 Å². The summed E-state index contributed by atoms with van der Waals surface area (Å²) in [6, 6.07) is 0. The number of carbonyl (C=O) groups is 1. The average molecular weight is 228 g/mol. The second-order valence-corrected chi connectivity index (χ2v) is 4.55. The van der Waals surface area contributed by atoms with Crippen molar-refractivity contribution in [2.45, 2.75) is 6.42 Å². The molecule has 0 spiro atoms. The monoisotopic (exact) mass is 228 g/mol. The molecule has 2 fully saturated rings. The Morgan fingerprint density at radius 2 is 1.94 bits per heavy atom. The molecule has 5 heteroatoms. The topological polar surface area (TPSA) is 53.0 Å². The average Bonchev–Trinajstić information content (AvgIpc) is 2.25. The summed E-state index contributed by atoms with van der Waals surface area (Å²) in [5.41, 5.74) is 0. The van der Waals surface area contributed by atoms with E-state index in [0.29, 0.717) is 12.3 Å². The van der Waals surface area contributed by atoms with Crippen molar-refractivity contribution in [1.82, 2.24) is 9.80 Å². The van der Waals surface area contributed by atoms with Gasteiger partial charge in [0.25, 0.3) is 0 Å². The third-order valence-electron chi connectivity index (χ3n) is 3.31. The zero-order chi connectivity index (χ0) is 11.4. The summed E-state index contributed by atoms with van der Waals surface area (Å²) in [4.78, 5) is 16.0. The van der Waals surface area contributed by atoms with Crippen molar-refractivity contribution in [3.8, 4) is 0 Å². The minimum Gasteiger partial charge on any atom is -0.395 e. The number of carbonyl (C=O) groups excluding carboxylic acids is 1. The van der Waals surface area contributed by atoms with Crippen molar-refractivity contribution in [3.05, 3.63) is 0 Å². The Balaban J connectivity index is 1.68. The van der Waals surface area contributed by atoms with Gasteiger partial charge in [0.1, 0.15) is 0 Å². The van der Waals surface area contributed by atoms with Crippen LogP contribution in [0.5, 0.6) is 0 Å². The predicted octanol–water partition coefficient (Wildman–Crippen LogP) is -0.841. The first-order chi connectivity index (χ1) is 7.79. The Labute approximate surface area is 96.0 Å². The highest BCUT2D eigenvalue weighted by Crippen LogP contribution is 2.16. The molecule has 0 atom stereocenters. The van der Waals surface area contributed by atoms with Crippen LogP contribution in [0, 0.1) is 5.92 Å². The molecule has 1 amide bonds. The molecule has 2 rings (SSSR count). The van der Waals surface area contributed by atoms with E-state index in [9.17, 15) is 4.79 Å². The highest BCUT2D eigenvalue weighted by Gasteiger charge is 2.26. The lowest BCUT2D eigenvalue weighted by Gasteiger charge is -2.36. The second kappa shape index (κ2) is 5.61. The molecule has 16 heavy (non-hydrogen) atoms. The van der Waals surface area contributed by atoms with E-state index < -0.39 is 0 Å². The van der Waals surface area contributed by atoms with Crippen LogP contribution in [-0.2, 0) is 9.53 Å². The SMILES string of the molecule is O=C(CC1COC1)N1CCN(CCO)CC1. The van der Waals surface area contributed by atoms with E-state index in [1.807, 2.05) is 4.90 Å². The minimum absolute atomic E-state index is 0.202. The number of nitrogens with zero attached hydrogens (tertiary/aromatic N) is 2. The first-order valence-corrected chi connectivity index (χ1v) is 5.98. The summed E-state index contributed by atoms with van der Waals surface area (Å²) in [5.74, 6) is 0.708. The third-order valence-corrected chi connectivity index (χ3v) is 3.31. The van der Waals surface area contributed by atoms with Crippen LogP contribution in [0.25, 0.3) is 0 Å². The van der Waals surface area contributed by atoms with Gasteiger partial charge < -0.3 is 14.7 Å². The number of hydrogen-bond donors (Lipinski definition) is 1. The zero-order valence-electron chi connectivity index (χ0n) is 9.60. The van der Waals surface area contributed by atoms with Crippen LogP contribution in [0.3, 0.4) is 0 Å². The van der Waals surface area contributed by atoms with E-state index in [4.69, 9.17) is 9.84 Å². The third kappa shape index (κ3) is 2.93. The van der Waals surface area contributed by atoms with E-state index in [2.05, 4.69) is 4.90 Å². The minimum atomic E-state index is 0.202. The lowest BCUT2D eigenvalue weighted by molar-refractivity contribution is -0.138. The van der Waals surface area contributed by atoms with Crippen LogP contribution in [0.1, 0.15) is 6.42 Å². The standard InChI is InChI=1S/C11H20N2O3/c14-6-5-12-1-3-13(4-2-12)11(15)7-10-8-16-9-10/h10,14H,1-9H2. The van der Waals surface area contributed by atoms with Crippen molar-refractivity contribution in [1.29, 1.82) is 0 Å². The van der Waals surface area contributed by atoms with Crippen molar-refractivity contribution in [3.63, 3.8) is 0 Å². The second-order valence-electron chi connectivity index (χ2n) is 4.55. The molecule has 2 heterocycles. The van der Waals surface area contributed by atoms with Gasteiger partial charge in [0, 0.05) is 45.1 Å². The molecule has 2 saturated heterocycles. The van der Waals surface area contributed by atoms with E-state index in [1.54, 1.807) is 0 Å². The fraction of sp³-hybridized carbons (Fsp3) is 0.909. The number of aliphatic hydroxyl groups is 1. The molecular formula is C11H20N2O3. The number of amides is 1. The maximum absolute atomic E-state index is 11.9. The molecule has 2 aliphatic heterocycles. The van der Waals surface area contributed by atoms with E-state index in [0.717, 1.165) is 45.9 Å². The smallest absolute Gasteiger partial charge is 0.223 e. The van der Waals surface area contributed by atoms with Gasteiger partial charge in [-0.25, -0.2) is 0 Å². The summed E-state index contributed by atoms with van der Waals surface area (Å²) in [7, 11) is 0. The largest absolute Gasteiger partial charge is 0.395 e. The molecule has 0 bridgehead atoms. The van der Waals surface area contributed by atoms with Crippen LogP contribution in [-0.4, -0.2) is 73.4 Å². The quantitative estimate of drug-likeness (QED) is 0.681. The van der Waals surface area contributed by atoms with Crippen LogP contribution >= 0.6 is 0 Å². The lowest BCUT2D eigenvalue weighted by Crippen LogP contribution is -2.50. The van der Waals surface area contributed by atoms with E-state index in [-0.39, 0.29) is 12.5 Å². The number of hydrogen-bond acceptors (Lipinski definition) is 4. The van der Waals surface area contributed by atoms with Gasteiger partial charge in [-0.2, -0.15) is 0 Å². The van der Waals surface area contributed by atoms with E-state index >= 15 is 0 Å². The molecular weight excluding hydrogens is 208 g/mol. The summed E-state index contributed by atoms with van der Waals surface area (Å²) in [6.07, 6.45) is 0.639. The van der Waals surface area contributed by atoms with Crippen molar-refractivity contribution in [2.24, 2.45) is 5.92 Å². The van der Waals surface area contributed by atoms with Gasteiger partial charge in [0.2, 0.25) is 5.91 Å². The molecule has 5 nitrogen and oxygen atoms in total. The Bertz CT molecular complexity index is 235. The maximum Gasteiger partial charge on any atom is 0.223 e. The molecule has 0 aromatic heterocycles. The summed E-state index contributed by atoms with van der Waals surface area (Å²) in [5, 5.41) is 8.82. The van der Waals surface area contributed by atoms with Gasteiger partial charge in [-0.05, 0) is 0 Å². The van der Waals surface area contributed by atoms with Crippen LogP contribution < -0.4 is 0 Å². The van der Waals surface area contributed by atoms with Crippen LogP contribution in [0.15, 0.2) is 0 Å². The van der Waals surface area contributed by atoms with Gasteiger partial charge in [-0.15, -0.1) is 0 Å².